The molecule has 1 aliphatic rings. The number of ether oxygens (including phenoxy) is 2. The Kier molecular flexibility index (Phi) is 7.58. The minimum Gasteiger partial charge on any atom is -0.350 e. The summed E-state index contributed by atoms with van der Waals surface area (Å²) in [5.41, 5.74) is 2.80. The van der Waals surface area contributed by atoms with Gasteiger partial charge in [-0.25, -0.2) is 0 Å². The Hall–Kier alpha value is -0.860. The summed E-state index contributed by atoms with van der Waals surface area (Å²) in [7, 11) is 0. The van der Waals surface area contributed by atoms with E-state index >= 15 is 0 Å². The lowest BCUT2D eigenvalue weighted by atomic mass is 9.96. The van der Waals surface area contributed by atoms with Crippen LogP contribution in [0.5, 0.6) is 0 Å². The third kappa shape index (κ3) is 5.93. The molecule has 1 aliphatic heterocycles. The SMILES string of the molecule is CCCCCc1ccc(C2COC(C)(CCCCC)OC2)cc1. The highest BCUT2D eigenvalue weighted by Gasteiger charge is 2.32. The maximum Gasteiger partial charge on any atom is 0.165 e. The van der Waals surface area contributed by atoms with Crippen molar-refractivity contribution in [1.29, 1.82) is 0 Å². The lowest BCUT2D eigenvalue weighted by molar-refractivity contribution is -0.266. The Morgan fingerprint density at radius 2 is 1.52 bits per heavy atom. The van der Waals surface area contributed by atoms with E-state index in [2.05, 4.69) is 45.0 Å². The first-order valence-electron chi connectivity index (χ1n) is 9.53. The first-order chi connectivity index (χ1) is 11.2. The summed E-state index contributed by atoms with van der Waals surface area (Å²) in [5.74, 6) is 0.00474. The van der Waals surface area contributed by atoms with Crippen LogP contribution in [0.15, 0.2) is 24.3 Å². The molecule has 0 aromatic heterocycles. The lowest BCUT2D eigenvalue weighted by Gasteiger charge is -2.38. The lowest BCUT2D eigenvalue weighted by Crippen LogP contribution is -2.40. The van der Waals surface area contributed by atoms with E-state index in [4.69, 9.17) is 9.47 Å². The average molecular weight is 319 g/mol. The second-order valence-electron chi connectivity index (χ2n) is 7.11. The van der Waals surface area contributed by atoms with Gasteiger partial charge in [-0.1, -0.05) is 63.8 Å². The average Bonchev–Trinajstić information content (AvgIpc) is 2.57. The van der Waals surface area contributed by atoms with Crippen LogP contribution in [0.1, 0.15) is 82.8 Å². The molecule has 0 unspecified atom stereocenters. The van der Waals surface area contributed by atoms with Gasteiger partial charge in [-0.3, -0.25) is 0 Å². The first kappa shape index (κ1) is 18.5. The van der Waals surface area contributed by atoms with E-state index in [1.807, 2.05) is 0 Å². The minimum absolute atomic E-state index is 0.369. The molecule has 0 N–H and O–H groups in total. The van der Waals surface area contributed by atoms with E-state index < -0.39 is 0 Å². The van der Waals surface area contributed by atoms with Crippen molar-refractivity contribution in [2.24, 2.45) is 0 Å². The second-order valence-corrected chi connectivity index (χ2v) is 7.11. The van der Waals surface area contributed by atoms with Gasteiger partial charge in [-0.15, -0.1) is 0 Å². The molecule has 2 nitrogen and oxygen atoms in total. The van der Waals surface area contributed by atoms with Gasteiger partial charge in [0.1, 0.15) is 0 Å². The van der Waals surface area contributed by atoms with Crippen LogP contribution in [0.2, 0.25) is 0 Å². The molecule has 1 fully saturated rings. The molecule has 1 heterocycles. The van der Waals surface area contributed by atoms with E-state index in [-0.39, 0.29) is 5.79 Å². The Labute approximate surface area is 142 Å². The molecule has 0 saturated carbocycles. The fourth-order valence-electron chi connectivity index (χ4n) is 3.21. The highest BCUT2D eigenvalue weighted by molar-refractivity contribution is 5.26. The van der Waals surface area contributed by atoms with Gasteiger partial charge in [-0.2, -0.15) is 0 Å². The number of aryl methyl sites for hydroxylation is 1. The zero-order valence-corrected chi connectivity index (χ0v) is 15.3. The topological polar surface area (TPSA) is 18.5 Å². The summed E-state index contributed by atoms with van der Waals surface area (Å²) in [5, 5.41) is 0. The molecule has 0 bridgehead atoms. The molecule has 0 amide bonds. The molecule has 130 valence electrons. The van der Waals surface area contributed by atoms with Crippen LogP contribution in [-0.2, 0) is 15.9 Å². The number of benzene rings is 1. The van der Waals surface area contributed by atoms with Crippen molar-refractivity contribution in [2.75, 3.05) is 13.2 Å². The largest absolute Gasteiger partial charge is 0.350 e. The van der Waals surface area contributed by atoms with Crippen molar-refractivity contribution in [3.63, 3.8) is 0 Å². The Morgan fingerprint density at radius 1 is 0.913 bits per heavy atom. The number of hydrogen-bond donors (Lipinski definition) is 0. The highest BCUT2D eigenvalue weighted by Crippen LogP contribution is 2.31. The number of rotatable bonds is 9. The van der Waals surface area contributed by atoms with Crippen LogP contribution >= 0.6 is 0 Å². The molecule has 1 aromatic carbocycles. The van der Waals surface area contributed by atoms with Gasteiger partial charge >= 0.3 is 0 Å². The summed E-state index contributed by atoms with van der Waals surface area (Å²) < 4.78 is 12.1. The standard InChI is InChI=1S/C21H34O2/c1-4-6-8-10-18-11-13-19(14-12-18)20-16-22-21(3,23-17-20)15-9-7-5-2/h11-14,20H,4-10,15-17H2,1-3H3. The van der Waals surface area contributed by atoms with Gasteiger partial charge in [0.15, 0.2) is 5.79 Å². The fraction of sp³-hybridized carbons (Fsp3) is 0.714. The smallest absolute Gasteiger partial charge is 0.165 e. The highest BCUT2D eigenvalue weighted by atomic mass is 16.7. The summed E-state index contributed by atoms with van der Waals surface area (Å²) in [6.07, 6.45) is 9.78. The predicted molar refractivity (Wildman–Crippen MR) is 96.9 cm³/mol. The molecule has 23 heavy (non-hydrogen) atoms. The summed E-state index contributed by atoms with van der Waals surface area (Å²) in [6, 6.07) is 9.08. The van der Waals surface area contributed by atoms with Gasteiger partial charge < -0.3 is 9.47 Å². The van der Waals surface area contributed by atoms with E-state index in [0.717, 1.165) is 19.6 Å². The van der Waals surface area contributed by atoms with Gasteiger partial charge in [0.25, 0.3) is 0 Å². The predicted octanol–water partition coefficient (Wildman–Crippen LogP) is 5.85. The monoisotopic (exact) mass is 318 g/mol. The Morgan fingerprint density at radius 3 is 2.13 bits per heavy atom. The van der Waals surface area contributed by atoms with Gasteiger partial charge in [0.2, 0.25) is 0 Å². The van der Waals surface area contributed by atoms with Crippen molar-refractivity contribution >= 4 is 0 Å². The Balaban J connectivity index is 1.80. The van der Waals surface area contributed by atoms with Crippen LogP contribution in [0.4, 0.5) is 0 Å². The van der Waals surface area contributed by atoms with Crippen molar-refractivity contribution in [1.82, 2.24) is 0 Å². The van der Waals surface area contributed by atoms with E-state index in [0.29, 0.717) is 5.92 Å². The normalized spacial score (nSPS) is 24.7. The summed E-state index contributed by atoms with van der Waals surface area (Å²) in [6.45, 7) is 8.13. The second kappa shape index (κ2) is 9.44. The van der Waals surface area contributed by atoms with Crippen molar-refractivity contribution in [3.05, 3.63) is 35.4 Å². The van der Waals surface area contributed by atoms with Crippen molar-refractivity contribution < 1.29 is 9.47 Å². The van der Waals surface area contributed by atoms with Crippen LogP contribution in [-0.4, -0.2) is 19.0 Å². The Bertz CT molecular complexity index is 430. The van der Waals surface area contributed by atoms with Crippen LogP contribution < -0.4 is 0 Å². The van der Waals surface area contributed by atoms with Crippen LogP contribution in [0, 0.1) is 0 Å². The maximum absolute atomic E-state index is 6.07. The molecule has 0 spiro atoms. The maximum atomic E-state index is 6.07. The van der Waals surface area contributed by atoms with E-state index in [1.54, 1.807) is 0 Å². The molecule has 1 saturated heterocycles. The zero-order valence-electron chi connectivity index (χ0n) is 15.3. The van der Waals surface area contributed by atoms with Crippen molar-refractivity contribution in [3.8, 4) is 0 Å². The molecule has 0 aliphatic carbocycles. The molecule has 1 aromatic rings. The zero-order chi connectivity index (χ0) is 16.5. The third-order valence-electron chi connectivity index (χ3n) is 4.93. The molecule has 0 atom stereocenters. The van der Waals surface area contributed by atoms with Crippen LogP contribution in [0.3, 0.4) is 0 Å². The van der Waals surface area contributed by atoms with Gasteiger partial charge in [0, 0.05) is 12.3 Å². The van der Waals surface area contributed by atoms with Gasteiger partial charge in [-0.05, 0) is 37.3 Å². The summed E-state index contributed by atoms with van der Waals surface area (Å²) in [4.78, 5) is 0. The van der Waals surface area contributed by atoms with Crippen LogP contribution in [0.25, 0.3) is 0 Å². The third-order valence-corrected chi connectivity index (χ3v) is 4.93. The van der Waals surface area contributed by atoms with E-state index in [9.17, 15) is 0 Å². The molecule has 2 rings (SSSR count). The van der Waals surface area contributed by atoms with Crippen molar-refractivity contribution in [2.45, 2.75) is 83.8 Å². The number of unbranched alkanes of at least 4 members (excludes halogenated alkanes) is 4. The minimum atomic E-state index is -0.369. The first-order valence-corrected chi connectivity index (χ1v) is 9.53. The fourth-order valence-corrected chi connectivity index (χ4v) is 3.21. The number of hydrogen-bond acceptors (Lipinski definition) is 2. The molecular formula is C21H34O2. The summed E-state index contributed by atoms with van der Waals surface area (Å²) >= 11 is 0. The quantitative estimate of drug-likeness (QED) is 0.532. The molecular weight excluding hydrogens is 284 g/mol. The molecule has 0 radical (unpaired) electrons. The molecule has 2 heteroatoms. The van der Waals surface area contributed by atoms with E-state index in [1.165, 1.54) is 56.1 Å². The van der Waals surface area contributed by atoms with Gasteiger partial charge in [0.05, 0.1) is 13.2 Å².